The third-order valence-electron chi connectivity index (χ3n) is 2.47. The van der Waals surface area contributed by atoms with Crippen molar-refractivity contribution >= 4 is 23.2 Å². The molecule has 7 heteroatoms. The molecule has 0 aromatic carbocycles. The van der Waals surface area contributed by atoms with E-state index in [9.17, 15) is 14.7 Å². The highest BCUT2D eigenvalue weighted by Gasteiger charge is 2.39. The number of nitrogens with zero attached hydrogens (tertiary/aromatic N) is 2. The minimum Gasteiger partial charge on any atom is -0.480 e. The second-order valence-corrected chi connectivity index (χ2v) is 4.45. The number of aromatic nitrogens is 1. The monoisotopic (exact) mass is 242 g/mol. The molecule has 2 rings (SSSR count). The van der Waals surface area contributed by atoms with Crippen LogP contribution in [0.5, 0.6) is 0 Å². The lowest BCUT2D eigenvalue weighted by molar-refractivity contribution is -0.141. The van der Waals surface area contributed by atoms with Gasteiger partial charge in [0.25, 0.3) is 5.91 Å². The van der Waals surface area contributed by atoms with Crippen molar-refractivity contribution in [1.82, 2.24) is 9.88 Å². The van der Waals surface area contributed by atoms with E-state index in [-0.39, 0.29) is 18.9 Å². The Balaban J connectivity index is 2.20. The standard InChI is InChI=1S/C9H10N2O4S/c12-5-1-6(9(14)15)11(3-5)8(13)7-2-10-4-16-7/h2,4-6,12H,1,3H2,(H,14,15)/t5-,6+/m1/s1. The third kappa shape index (κ3) is 1.91. The number of aliphatic hydroxyl groups excluding tert-OH is 1. The average molecular weight is 242 g/mol. The van der Waals surface area contributed by atoms with Crippen molar-refractivity contribution in [3.8, 4) is 0 Å². The van der Waals surface area contributed by atoms with Crippen molar-refractivity contribution < 1.29 is 19.8 Å². The van der Waals surface area contributed by atoms with Crippen molar-refractivity contribution in [1.29, 1.82) is 0 Å². The molecule has 1 aliphatic heterocycles. The molecule has 1 saturated heterocycles. The van der Waals surface area contributed by atoms with Crippen LogP contribution in [0.1, 0.15) is 16.1 Å². The van der Waals surface area contributed by atoms with Gasteiger partial charge >= 0.3 is 5.97 Å². The van der Waals surface area contributed by atoms with E-state index in [0.29, 0.717) is 4.88 Å². The maximum Gasteiger partial charge on any atom is 0.326 e. The van der Waals surface area contributed by atoms with Crippen molar-refractivity contribution in [3.05, 3.63) is 16.6 Å². The van der Waals surface area contributed by atoms with Gasteiger partial charge in [-0.2, -0.15) is 0 Å². The Morgan fingerprint density at radius 3 is 2.88 bits per heavy atom. The molecular formula is C9H10N2O4S. The first-order valence-electron chi connectivity index (χ1n) is 4.70. The molecule has 0 spiro atoms. The number of amides is 1. The van der Waals surface area contributed by atoms with Gasteiger partial charge in [0.15, 0.2) is 0 Å². The molecule has 0 radical (unpaired) electrons. The summed E-state index contributed by atoms with van der Waals surface area (Å²) >= 11 is 1.16. The molecule has 2 atom stereocenters. The van der Waals surface area contributed by atoms with E-state index in [1.165, 1.54) is 16.6 Å². The molecule has 1 aromatic heterocycles. The van der Waals surface area contributed by atoms with Crippen LogP contribution in [0.15, 0.2) is 11.7 Å². The summed E-state index contributed by atoms with van der Waals surface area (Å²) in [6.45, 7) is 0.0632. The number of hydrogen-bond acceptors (Lipinski definition) is 5. The fourth-order valence-electron chi connectivity index (χ4n) is 1.74. The lowest BCUT2D eigenvalue weighted by atomic mass is 10.2. The van der Waals surface area contributed by atoms with Crippen molar-refractivity contribution in [2.45, 2.75) is 18.6 Å². The second kappa shape index (κ2) is 4.18. The van der Waals surface area contributed by atoms with Gasteiger partial charge in [0, 0.05) is 13.0 Å². The van der Waals surface area contributed by atoms with Crippen LogP contribution < -0.4 is 0 Å². The number of aliphatic carboxylic acids is 1. The van der Waals surface area contributed by atoms with E-state index in [0.717, 1.165) is 11.3 Å². The predicted octanol–water partition coefficient (Wildman–Crippen LogP) is -0.197. The predicted molar refractivity (Wildman–Crippen MR) is 55.2 cm³/mol. The first-order chi connectivity index (χ1) is 7.59. The molecule has 86 valence electrons. The lowest BCUT2D eigenvalue weighted by Crippen LogP contribution is -2.40. The van der Waals surface area contributed by atoms with Crippen molar-refractivity contribution in [2.24, 2.45) is 0 Å². The van der Waals surface area contributed by atoms with Gasteiger partial charge in [-0.3, -0.25) is 9.78 Å². The number of aliphatic hydroxyl groups is 1. The van der Waals surface area contributed by atoms with Gasteiger partial charge < -0.3 is 15.1 Å². The van der Waals surface area contributed by atoms with Gasteiger partial charge in [0.05, 0.1) is 17.8 Å². The normalized spacial score (nSPS) is 24.7. The number of likely N-dealkylation sites (tertiary alicyclic amines) is 1. The Morgan fingerprint density at radius 1 is 1.56 bits per heavy atom. The number of carboxylic acids is 1. The number of carbonyl (C=O) groups is 2. The molecule has 0 aliphatic carbocycles. The third-order valence-corrected chi connectivity index (χ3v) is 3.23. The zero-order chi connectivity index (χ0) is 11.7. The van der Waals surface area contributed by atoms with E-state index in [1.807, 2.05) is 0 Å². The van der Waals surface area contributed by atoms with Gasteiger partial charge in [-0.15, -0.1) is 11.3 Å². The zero-order valence-corrected chi connectivity index (χ0v) is 9.05. The minimum atomic E-state index is -1.09. The van der Waals surface area contributed by atoms with Crippen molar-refractivity contribution in [2.75, 3.05) is 6.54 Å². The largest absolute Gasteiger partial charge is 0.480 e. The number of thiazole rings is 1. The Kier molecular flexibility index (Phi) is 2.88. The SMILES string of the molecule is O=C(O)[C@@H]1C[C@@H](O)CN1C(=O)c1cncs1. The summed E-state index contributed by atoms with van der Waals surface area (Å²) in [5.74, 6) is -1.47. The first kappa shape index (κ1) is 11.0. The van der Waals surface area contributed by atoms with E-state index < -0.39 is 18.1 Å². The Bertz CT molecular complexity index is 406. The summed E-state index contributed by atoms with van der Waals surface area (Å²) in [4.78, 5) is 28.1. The quantitative estimate of drug-likeness (QED) is 0.749. The highest BCUT2D eigenvalue weighted by atomic mass is 32.1. The van der Waals surface area contributed by atoms with Gasteiger partial charge in [-0.05, 0) is 0 Å². The summed E-state index contributed by atoms with van der Waals surface area (Å²) in [7, 11) is 0. The minimum absolute atomic E-state index is 0.0632. The molecule has 0 bridgehead atoms. The lowest BCUT2D eigenvalue weighted by Gasteiger charge is -2.19. The summed E-state index contributed by atoms with van der Waals surface area (Å²) in [6.07, 6.45) is 0.717. The van der Waals surface area contributed by atoms with Gasteiger partial charge in [0.2, 0.25) is 0 Å². The molecule has 0 saturated carbocycles. The number of carbonyl (C=O) groups excluding carboxylic acids is 1. The summed E-state index contributed by atoms with van der Waals surface area (Å²) in [6, 6.07) is -0.940. The summed E-state index contributed by atoms with van der Waals surface area (Å²) < 4.78 is 0. The van der Waals surface area contributed by atoms with Gasteiger partial charge in [0.1, 0.15) is 10.9 Å². The number of rotatable bonds is 2. The number of carboxylic acid groups (broad SMARTS) is 1. The number of β-amino-alcohol motifs (C(OH)–C–C–N with tert-alkyl or cyclic N) is 1. The maximum atomic E-state index is 11.9. The van der Waals surface area contributed by atoms with E-state index in [4.69, 9.17) is 5.11 Å². The molecule has 6 nitrogen and oxygen atoms in total. The first-order valence-corrected chi connectivity index (χ1v) is 5.58. The summed E-state index contributed by atoms with van der Waals surface area (Å²) in [5, 5.41) is 18.3. The molecular weight excluding hydrogens is 232 g/mol. The van der Waals surface area contributed by atoms with Crippen molar-refractivity contribution in [3.63, 3.8) is 0 Å². The smallest absolute Gasteiger partial charge is 0.326 e. The highest BCUT2D eigenvalue weighted by Crippen LogP contribution is 2.22. The average Bonchev–Trinajstić information content (AvgIpc) is 2.84. The van der Waals surface area contributed by atoms with E-state index >= 15 is 0 Å². The maximum absolute atomic E-state index is 11.9. The van der Waals surface area contributed by atoms with Crippen LogP contribution in [0.2, 0.25) is 0 Å². The van der Waals surface area contributed by atoms with E-state index in [2.05, 4.69) is 4.98 Å². The number of hydrogen-bond donors (Lipinski definition) is 2. The van der Waals surface area contributed by atoms with Crippen LogP contribution in [0.4, 0.5) is 0 Å². The van der Waals surface area contributed by atoms with Crippen LogP contribution in [0, 0.1) is 0 Å². The molecule has 1 aliphatic rings. The Hall–Kier alpha value is -1.47. The van der Waals surface area contributed by atoms with E-state index in [1.54, 1.807) is 0 Å². The highest BCUT2D eigenvalue weighted by molar-refractivity contribution is 7.11. The molecule has 0 unspecified atom stereocenters. The molecule has 16 heavy (non-hydrogen) atoms. The topological polar surface area (TPSA) is 90.7 Å². The van der Waals surface area contributed by atoms with Crippen LogP contribution in [-0.4, -0.2) is 50.7 Å². The van der Waals surface area contributed by atoms with Crippen LogP contribution in [0.3, 0.4) is 0 Å². The fourth-order valence-corrected chi connectivity index (χ4v) is 2.31. The molecule has 2 N–H and O–H groups in total. The van der Waals surface area contributed by atoms with Crippen LogP contribution in [-0.2, 0) is 4.79 Å². The second-order valence-electron chi connectivity index (χ2n) is 3.57. The van der Waals surface area contributed by atoms with Gasteiger partial charge in [-0.25, -0.2) is 4.79 Å². The summed E-state index contributed by atoms with van der Waals surface area (Å²) in [5.41, 5.74) is 1.51. The van der Waals surface area contributed by atoms with Crippen LogP contribution in [0.25, 0.3) is 0 Å². The fraction of sp³-hybridized carbons (Fsp3) is 0.444. The van der Waals surface area contributed by atoms with Gasteiger partial charge in [-0.1, -0.05) is 0 Å². The molecule has 1 fully saturated rings. The molecule has 2 heterocycles. The molecule has 1 aromatic rings. The molecule has 1 amide bonds. The Labute approximate surface area is 95.1 Å². The van der Waals surface area contributed by atoms with Crippen LogP contribution >= 0.6 is 11.3 Å². The zero-order valence-electron chi connectivity index (χ0n) is 8.24. The Morgan fingerprint density at radius 2 is 2.31 bits per heavy atom.